The van der Waals surface area contributed by atoms with Crippen molar-refractivity contribution in [3.63, 3.8) is 0 Å². The van der Waals surface area contributed by atoms with Gasteiger partial charge in [0.1, 0.15) is 15.8 Å². The van der Waals surface area contributed by atoms with Crippen molar-refractivity contribution in [3.05, 3.63) is 65.4 Å². The molecule has 0 aliphatic rings. The molecule has 4 aromatic rings. The zero-order valence-electron chi connectivity index (χ0n) is 13.4. The molecule has 118 valence electrons. The minimum absolute atomic E-state index is 0.995. The molecule has 4 rings (SSSR count). The minimum atomic E-state index is 0.995. The molecule has 1 N–H and O–H groups in total. The maximum atomic E-state index is 4.76. The highest BCUT2D eigenvalue weighted by molar-refractivity contribution is 7.15. The molecule has 24 heavy (non-hydrogen) atoms. The molecule has 0 unspecified atom stereocenters. The molecule has 0 aliphatic heterocycles. The number of benzene rings is 2. The molecule has 0 fully saturated rings. The monoisotopic (exact) mass is 334 g/mol. The SMILES string of the molecule is Cc1nc(-c2cccc(-[n+]3cnn[nH]3)c2-c2ccccc2)sc1C. The average molecular weight is 334 g/mol. The van der Waals surface area contributed by atoms with Crippen molar-refractivity contribution in [2.75, 3.05) is 0 Å². The van der Waals surface area contributed by atoms with Gasteiger partial charge in [-0.05, 0) is 25.5 Å². The first kappa shape index (κ1) is 14.7. The van der Waals surface area contributed by atoms with E-state index in [4.69, 9.17) is 4.98 Å². The van der Waals surface area contributed by atoms with Crippen LogP contribution >= 0.6 is 11.3 Å². The van der Waals surface area contributed by atoms with Gasteiger partial charge in [0, 0.05) is 16.0 Å². The molecule has 0 bridgehead atoms. The molecule has 0 aliphatic carbocycles. The highest BCUT2D eigenvalue weighted by Crippen LogP contribution is 2.37. The lowest BCUT2D eigenvalue weighted by atomic mass is 9.98. The standard InChI is InChI=1S/C18H15N5S/c1-12-13(2)24-18(20-12)15-9-6-10-16(23-11-19-21-22-23)17(15)14-7-4-3-5-8-14/h3-11H,1-2H3/p+1. The summed E-state index contributed by atoms with van der Waals surface area (Å²) in [6, 6.07) is 16.5. The summed E-state index contributed by atoms with van der Waals surface area (Å²) in [5.74, 6) is 0. The van der Waals surface area contributed by atoms with E-state index in [1.54, 1.807) is 17.7 Å². The van der Waals surface area contributed by atoms with E-state index in [2.05, 4.69) is 53.6 Å². The van der Waals surface area contributed by atoms with Gasteiger partial charge in [-0.2, -0.15) is 0 Å². The minimum Gasteiger partial charge on any atom is -0.241 e. The Bertz CT molecular complexity index is 955. The number of hydrogen-bond donors (Lipinski definition) is 1. The van der Waals surface area contributed by atoms with Gasteiger partial charge in [-0.15, -0.1) is 16.0 Å². The molecule has 0 saturated heterocycles. The largest absolute Gasteiger partial charge is 0.293 e. The average Bonchev–Trinajstić information content (AvgIpc) is 3.26. The molecule has 0 saturated carbocycles. The number of aromatic amines is 1. The van der Waals surface area contributed by atoms with Crippen molar-refractivity contribution in [1.29, 1.82) is 0 Å². The molecular weight excluding hydrogens is 318 g/mol. The summed E-state index contributed by atoms with van der Waals surface area (Å²) in [7, 11) is 0. The van der Waals surface area contributed by atoms with Crippen molar-refractivity contribution >= 4 is 11.3 Å². The van der Waals surface area contributed by atoms with Gasteiger partial charge >= 0.3 is 0 Å². The Labute approximate surface area is 143 Å². The Hall–Kier alpha value is -2.86. The Morgan fingerprint density at radius 2 is 1.83 bits per heavy atom. The van der Waals surface area contributed by atoms with Gasteiger partial charge in [-0.3, -0.25) is 0 Å². The maximum absolute atomic E-state index is 4.76. The molecule has 2 heterocycles. The van der Waals surface area contributed by atoms with Gasteiger partial charge in [0.05, 0.1) is 5.69 Å². The first-order chi connectivity index (χ1) is 11.7. The second-order valence-electron chi connectivity index (χ2n) is 5.53. The van der Waals surface area contributed by atoms with Gasteiger partial charge in [-0.25, -0.2) is 4.98 Å². The van der Waals surface area contributed by atoms with E-state index in [9.17, 15) is 0 Å². The van der Waals surface area contributed by atoms with Crippen LogP contribution in [0.15, 0.2) is 54.9 Å². The zero-order valence-corrected chi connectivity index (χ0v) is 14.2. The Morgan fingerprint density at radius 3 is 2.50 bits per heavy atom. The van der Waals surface area contributed by atoms with E-state index < -0.39 is 0 Å². The van der Waals surface area contributed by atoms with E-state index in [1.165, 1.54) is 4.88 Å². The summed E-state index contributed by atoms with van der Waals surface area (Å²) in [6.07, 6.45) is 1.67. The lowest BCUT2D eigenvalue weighted by Gasteiger charge is -2.11. The molecule has 0 atom stereocenters. The quantitative estimate of drug-likeness (QED) is 0.584. The topological polar surface area (TPSA) is 58.3 Å². The lowest BCUT2D eigenvalue weighted by Crippen LogP contribution is -2.32. The Morgan fingerprint density at radius 1 is 1.00 bits per heavy atom. The van der Waals surface area contributed by atoms with Crippen LogP contribution in [0.4, 0.5) is 0 Å². The number of nitrogens with one attached hydrogen (secondary N) is 1. The van der Waals surface area contributed by atoms with Crippen LogP contribution in [0.25, 0.3) is 27.4 Å². The number of aromatic nitrogens is 5. The summed E-state index contributed by atoms with van der Waals surface area (Å²) >= 11 is 1.72. The van der Waals surface area contributed by atoms with Gasteiger partial charge in [-0.1, -0.05) is 47.7 Å². The summed E-state index contributed by atoms with van der Waals surface area (Å²) in [6.45, 7) is 4.16. The van der Waals surface area contributed by atoms with Crippen LogP contribution < -0.4 is 4.68 Å². The third kappa shape index (κ3) is 2.51. The van der Waals surface area contributed by atoms with Gasteiger partial charge in [0.2, 0.25) is 0 Å². The van der Waals surface area contributed by atoms with Crippen LogP contribution in [0.2, 0.25) is 0 Å². The second kappa shape index (κ2) is 5.98. The third-order valence-corrected chi connectivity index (χ3v) is 5.11. The fraction of sp³-hybridized carbons (Fsp3) is 0.111. The number of nitrogens with zero attached hydrogens (tertiary/aromatic N) is 4. The van der Waals surface area contributed by atoms with Crippen LogP contribution in [0.5, 0.6) is 0 Å². The lowest BCUT2D eigenvalue weighted by molar-refractivity contribution is -0.659. The molecule has 6 heteroatoms. The van der Waals surface area contributed by atoms with E-state index in [0.717, 1.165) is 33.1 Å². The summed E-state index contributed by atoms with van der Waals surface area (Å²) in [5.41, 5.74) is 5.44. The zero-order chi connectivity index (χ0) is 16.5. The summed E-state index contributed by atoms with van der Waals surface area (Å²) in [5, 5.41) is 11.7. The number of thiazole rings is 1. The van der Waals surface area contributed by atoms with Crippen molar-refractivity contribution < 1.29 is 4.68 Å². The fourth-order valence-electron chi connectivity index (χ4n) is 2.71. The molecule has 0 amide bonds. The van der Waals surface area contributed by atoms with Crippen molar-refractivity contribution in [2.24, 2.45) is 0 Å². The fourth-order valence-corrected chi connectivity index (χ4v) is 3.65. The number of hydrogen-bond acceptors (Lipinski definition) is 4. The van der Waals surface area contributed by atoms with Crippen molar-refractivity contribution in [1.82, 2.24) is 20.5 Å². The summed E-state index contributed by atoms with van der Waals surface area (Å²) < 4.78 is 1.82. The van der Waals surface area contributed by atoms with Crippen LogP contribution in [0.1, 0.15) is 10.6 Å². The Kier molecular flexibility index (Phi) is 3.66. The first-order valence-electron chi connectivity index (χ1n) is 7.65. The van der Waals surface area contributed by atoms with E-state index in [1.807, 2.05) is 28.9 Å². The summed E-state index contributed by atoms with van der Waals surface area (Å²) in [4.78, 5) is 6.00. The molecule has 2 aromatic heterocycles. The third-order valence-electron chi connectivity index (χ3n) is 4.00. The predicted octanol–water partition coefficient (Wildman–Crippen LogP) is 3.49. The highest BCUT2D eigenvalue weighted by atomic mass is 32.1. The smallest absolute Gasteiger partial charge is 0.241 e. The van der Waals surface area contributed by atoms with Gasteiger partial charge in [0.25, 0.3) is 6.33 Å². The number of aryl methyl sites for hydroxylation is 2. The molecule has 5 nitrogen and oxygen atoms in total. The normalized spacial score (nSPS) is 10.9. The van der Waals surface area contributed by atoms with Crippen LogP contribution in [-0.2, 0) is 0 Å². The van der Waals surface area contributed by atoms with Crippen molar-refractivity contribution in [2.45, 2.75) is 13.8 Å². The van der Waals surface area contributed by atoms with E-state index >= 15 is 0 Å². The molecule has 0 spiro atoms. The van der Waals surface area contributed by atoms with Gasteiger partial charge < -0.3 is 0 Å². The Balaban J connectivity index is 2.02. The van der Waals surface area contributed by atoms with Crippen molar-refractivity contribution in [3.8, 4) is 27.4 Å². The maximum Gasteiger partial charge on any atom is 0.293 e. The molecular formula is C18H16N5S+. The first-order valence-corrected chi connectivity index (χ1v) is 8.46. The van der Waals surface area contributed by atoms with Crippen LogP contribution in [-0.4, -0.2) is 20.5 Å². The van der Waals surface area contributed by atoms with Gasteiger partial charge in [0.15, 0.2) is 5.21 Å². The number of H-pyrrole nitrogens is 1. The second-order valence-corrected chi connectivity index (χ2v) is 6.73. The predicted molar refractivity (Wildman–Crippen MR) is 93.9 cm³/mol. The molecule has 2 aromatic carbocycles. The van der Waals surface area contributed by atoms with Crippen LogP contribution in [0, 0.1) is 13.8 Å². The van der Waals surface area contributed by atoms with E-state index in [-0.39, 0.29) is 0 Å². The highest BCUT2D eigenvalue weighted by Gasteiger charge is 2.19. The van der Waals surface area contributed by atoms with E-state index in [0.29, 0.717) is 0 Å². The number of rotatable bonds is 3. The number of tetrazole rings is 1. The van der Waals surface area contributed by atoms with Crippen LogP contribution in [0.3, 0.4) is 0 Å². The molecule has 0 radical (unpaired) electrons.